The summed E-state index contributed by atoms with van der Waals surface area (Å²) in [6.07, 6.45) is 6.40. The van der Waals surface area contributed by atoms with Gasteiger partial charge in [0.05, 0.1) is 24.5 Å². The van der Waals surface area contributed by atoms with E-state index in [0.717, 1.165) is 0 Å². The minimum Gasteiger partial charge on any atom is -0.389 e. The molecule has 0 spiro atoms. The molecule has 0 aliphatic heterocycles. The Labute approximate surface area is 148 Å². The minimum absolute atomic E-state index is 0.250. The van der Waals surface area contributed by atoms with Gasteiger partial charge in [-0.2, -0.15) is 0 Å². The molecule has 3 atom stereocenters. The normalized spacial score (nSPS) is 22.6. The van der Waals surface area contributed by atoms with Crippen molar-refractivity contribution in [3.05, 3.63) is 36.9 Å². The number of likely N-dealkylation sites (N-methyl/N-ethyl adjacent to an activating group) is 1. The molecule has 10 heteroatoms. The minimum atomic E-state index is -0.764. The molecule has 1 saturated carbocycles. The third-order valence-corrected chi connectivity index (χ3v) is 4.91. The van der Waals surface area contributed by atoms with Crippen molar-refractivity contribution in [2.24, 2.45) is 0 Å². The number of hydrogen-bond donors (Lipinski definition) is 2. The van der Waals surface area contributed by atoms with Crippen LogP contribution in [0.15, 0.2) is 31.2 Å². The fourth-order valence-electron chi connectivity index (χ4n) is 3.53. The van der Waals surface area contributed by atoms with Crippen LogP contribution in [0.25, 0.3) is 11.2 Å². The van der Waals surface area contributed by atoms with Crippen molar-refractivity contribution >= 4 is 22.9 Å². The van der Waals surface area contributed by atoms with Crippen LogP contribution < -0.4 is 5.73 Å². The van der Waals surface area contributed by atoms with Crippen molar-refractivity contribution in [2.45, 2.75) is 31.0 Å². The Morgan fingerprint density at radius 1 is 1.27 bits per heavy atom. The number of fused-ring (bicyclic) bond motifs is 1. The van der Waals surface area contributed by atoms with Gasteiger partial charge in [0.15, 0.2) is 11.5 Å². The van der Waals surface area contributed by atoms with Crippen LogP contribution in [0.3, 0.4) is 0 Å². The van der Waals surface area contributed by atoms with Crippen molar-refractivity contribution in [3.63, 3.8) is 0 Å². The Morgan fingerprint density at radius 3 is 2.88 bits per heavy atom. The van der Waals surface area contributed by atoms with Crippen LogP contribution in [0.2, 0.25) is 0 Å². The van der Waals surface area contributed by atoms with Gasteiger partial charge in [-0.3, -0.25) is 4.79 Å². The van der Waals surface area contributed by atoms with E-state index in [1.807, 2.05) is 0 Å². The number of anilines is 1. The summed E-state index contributed by atoms with van der Waals surface area (Å²) >= 11 is 0. The maximum absolute atomic E-state index is 12.6. The standard InChI is InChI=1S/C16H18N8O2/c1-23(16(26)9-4-5-18-6-19-9)10-2-3-11(13(10)25)24-8-22-12-14(17)20-7-21-15(12)24/h4-8,10-11,13,25H,2-3H2,1H3,(H2,17,20,21)/t10-,11+,13+/m1/s1. The Balaban J connectivity index is 1.59. The first-order valence-electron chi connectivity index (χ1n) is 8.22. The second-order valence-corrected chi connectivity index (χ2v) is 6.30. The third-order valence-electron chi connectivity index (χ3n) is 4.91. The summed E-state index contributed by atoms with van der Waals surface area (Å²) in [5, 5.41) is 10.9. The topological polar surface area (TPSA) is 136 Å². The number of hydrogen-bond acceptors (Lipinski definition) is 8. The molecule has 0 aromatic carbocycles. The number of carbonyl (C=O) groups excluding carboxylic acids is 1. The van der Waals surface area contributed by atoms with Gasteiger partial charge in [0, 0.05) is 13.2 Å². The van der Waals surface area contributed by atoms with Crippen LogP contribution in [0.1, 0.15) is 29.4 Å². The second kappa shape index (κ2) is 6.30. The molecular weight excluding hydrogens is 336 g/mol. The van der Waals surface area contributed by atoms with Gasteiger partial charge in [-0.05, 0) is 18.9 Å². The van der Waals surface area contributed by atoms with E-state index in [1.165, 1.54) is 23.8 Å². The van der Waals surface area contributed by atoms with Crippen LogP contribution in [0.4, 0.5) is 5.82 Å². The molecule has 26 heavy (non-hydrogen) atoms. The predicted octanol–water partition coefficient (Wildman–Crippen LogP) is 0.0351. The van der Waals surface area contributed by atoms with Gasteiger partial charge in [-0.1, -0.05) is 0 Å². The number of rotatable bonds is 3. The van der Waals surface area contributed by atoms with Crippen molar-refractivity contribution in [2.75, 3.05) is 12.8 Å². The molecule has 0 radical (unpaired) electrons. The van der Waals surface area contributed by atoms with Gasteiger partial charge >= 0.3 is 0 Å². The number of nitrogens with two attached hydrogens (primary N) is 1. The fourth-order valence-corrected chi connectivity index (χ4v) is 3.53. The predicted molar refractivity (Wildman–Crippen MR) is 91.9 cm³/mol. The molecule has 134 valence electrons. The Hall–Kier alpha value is -3.14. The Kier molecular flexibility index (Phi) is 3.96. The zero-order chi connectivity index (χ0) is 18.3. The van der Waals surface area contributed by atoms with Gasteiger partial charge < -0.3 is 20.3 Å². The van der Waals surface area contributed by atoms with E-state index in [0.29, 0.717) is 35.5 Å². The van der Waals surface area contributed by atoms with Crippen molar-refractivity contribution in [1.29, 1.82) is 0 Å². The van der Waals surface area contributed by atoms with Crippen LogP contribution in [-0.4, -0.2) is 64.6 Å². The highest BCUT2D eigenvalue weighted by Gasteiger charge is 2.40. The number of aliphatic hydroxyl groups is 1. The lowest BCUT2D eigenvalue weighted by molar-refractivity contribution is 0.0442. The first-order chi connectivity index (χ1) is 12.6. The van der Waals surface area contributed by atoms with Crippen LogP contribution in [0.5, 0.6) is 0 Å². The molecule has 3 heterocycles. The molecule has 1 aliphatic rings. The van der Waals surface area contributed by atoms with E-state index >= 15 is 0 Å². The molecule has 3 aromatic heterocycles. The number of imidazole rings is 1. The largest absolute Gasteiger partial charge is 0.389 e. The maximum Gasteiger partial charge on any atom is 0.272 e. The smallest absolute Gasteiger partial charge is 0.272 e. The number of carbonyl (C=O) groups is 1. The van der Waals surface area contributed by atoms with Crippen LogP contribution in [0, 0.1) is 0 Å². The Morgan fingerprint density at radius 2 is 2.12 bits per heavy atom. The average Bonchev–Trinajstić information content (AvgIpc) is 3.25. The lowest BCUT2D eigenvalue weighted by Crippen LogP contribution is -2.43. The number of amides is 1. The molecule has 4 rings (SSSR count). The van der Waals surface area contributed by atoms with E-state index in [-0.39, 0.29) is 18.0 Å². The molecule has 0 bridgehead atoms. The van der Waals surface area contributed by atoms with E-state index in [9.17, 15) is 9.90 Å². The summed E-state index contributed by atoms with van der Waals surface area (Å²) in [6.45, 7) is 0. The van der Waals surface area contributed by atoms with Crippen LogP contribution >= 0.6 is 0 Å². The quantitative estimate of drug-likeness (QED) is 0.672. The summed E-state index contributed by atoms with van der Waals surface area (Å²) in [5.41, 5.74) is 7.21. The van der Waals surface area contributed by atoms with Crippen molar-refractivity contribution in [1.82, 2.24) is 34.4 Å². The summed E-state index contributed by atoms with van der Waals surface area (Å²) in [6, 6.07) is 0.972. The van der Waals surface area contributed by atoms with Gasteiger partial charge in [-0.25, -0.2) is 24.9 Å². The van der Waals surface area contributed by atoms with E-state index in [2.05, 4.69) is 24.9 Å². The summed E-state index contributed by atoms with van der Waals surface area (Å²) in [5.74, 6) is 0.0491. The lowest BCUT2D eigenvalue weighted by atomic mass is 10.1. The van der Waals surface area contributed by atoms with Gasteiger partial charge in [0.2, 0.25) is 0 Å². The van der Waals surface area contributed by atoms with E-state index in [1.54, 1.807) is 24.0 Å². The Bertz CT molecular complexity index is 944. The maximum atomic E-state index is 12.6. The van der Waals surface area contributed by atoms with E-state index in [4.69, 9.17) is 5.73 Å². The molecule has 3 aromatic rings. The molecule has 3 N–H and O–H groups in total. The SMILES string of the molecule is CN(C(=O)c1ccncn1)[C@@H]1CC[C@H](n2cnc3c(N)ncnc32)[C@H]1O. The molecule has 1 aliphatic carbocycles. The monoisotopic (exact) mass is 354 g/mol. The number of aliphatic hydroxyl groups excluding tert-OH is 1. The highest BCUT2D eigenvalue weighted by molar-refractivity contribution is 5.92. The zero-order valence-electron chi connectivity index (χ0n) is 14.1. The number of nitrogens with zero attached hydrogens (tertiary/aromatic N) is 7. The third kappa shape index (κ3) is 2.54. The van der Waals surface area contributed by atoms with Crippen LogP contribution in [-0.2, 0) is 0 Å². The zero-order valence-corrected chi connectivity index (χ0v) is 14.1. The molecule has 1 fully saturated rings. The van der Waals surface area contributed by atoms with Crippen molar-refractivity contribution < 1.29 is 9.90 Å². The summed E-state index contributed by atoms with van der Waals surface area (Å²) < 4.78 is 1.81. The molecule has 10 nitrogen and oxygen atoms in total. The highest BCUT2D eigenvalue weighted by Crippen LogP contribution is 2.35. The first kappa shape index (κ1) is 16.3. The number of aromatic nitrogens is 6. The average molecular weight is 354 g/mol. The van der Waals surface area contributed by atoms with E-state index < -0.39 is 6.10 Å². The lowest BCUT2D eigenvalue weighted by Gasteiger charge is -2.28. The van der Waals surface area contributed by atoms with Gasteiger partial charge in [-0.15, -0.1) is 0 Å². The van der Waals surface area contributed by atoms with Gasteiger partial charge in [0.25, 0.3) is 5.91 Å². The molecular formula is C16H18N8O2. The number of nitrogen functional groups attached to an aromatic ring is 1. The summed E-state index contributed by atoms with van der Waals surface area (Å²) in [4.78, 5) is 34.4. The second-order valence-electron chi connectivity index (χ2n) is 6.30. The first-order valence-corrected chi connectivity index (χ1v) is 8.22. The van der Waals surface area contributed by atoms with Gasteiger partial charge in [0.1, 0.15) is 23.9 Å². The fraction of sp³-hybridized carbons (Fsp3) is 0.375. The molecule has 0 saturated heterocycles. The highest BCUT2D eigenvalue weighted by atomic mass is 16.3. The van der Waals surface area contributed by atoms with Crippen molar-refractivity contribution in [3.8, 4) is 0 Å². The summed E-state index contributed by atoms with van der Waals surface area (Å²) in [7, 11) is 1.67. The molecule has 1 amide bonds. The molecule has 0 unspecified atom stereocenters.